The molecule has 2 aromatic rings. The van der Waals surface area contributed by atoms with Gasteiger partial charge in [-0.2, -0.15) is 5.10 Å². The molecule has 0 unspecified atom stereocenters. The minimum atomic E-state index is 0.584. The molecule has 1 aromatic carbocycles. The summed E-state index contributed by atoms with van der Waals surface area (Å²) in [5.41, 5.74) is 10.5. The van der Waals surface area contributed by atoms with Crippen molar-refractivity contribution < 1.29 is 0 Å². The molecule has 0 bridgehead atoms. The molecule has 0 aliphatic rings. The normalized spacial score (nSPS) is 10.6. The van der Waals surface area contributed by atoms with Crippen molar-refractivity contribution in [1.82, 2.24) is 9.78 Å². The maximum atomic E-state index is 5.83. The number of nitrogens with zero attached hydrogens (tertiary/aromatic N) is 2. The third kappa shape index (κ3) is 1.73. The second kappa shape index (κ2) is 3.42. The van der Waals surface area contributed by atoms with Gasteiger partial charge in [0.25, 0.3) is 0 Å². The van der Waals surface area contributed by atoms with Crippen LogP contribution in [-0.2, 0) is 7.05 Å². The largest absolute Gasteiger partial charge is 0.382 e. The number of aromatic nitrogens is 2. The van der Waals surface area contributed by atoms with Gasteiger partial charge in [0.05, 0.1) is 0 Å². The van der Waals surface area contributed by atoms with E-state index in [-0.39, 0.29) is 0 Å². The molecule has 0 aliphatic carbocycles. The van der Waals surface area contributed by atoms with E-state index in [0.717, 1.165) is 11.1 Å². The van der Waals surface area contributed by atoms with Gasteiger partial charge in [-0.1, -0.05) is 18.2 Å². The summed E-state index contributed by atoms with van der Waals surface area (Å²) in [5.74, 6) is 0.584. The number of anilines is 1. The minimum Gasteiger partial charge on any atom is -0.382 e. The fourth-order valence-corrected chi connectivity index (χ4v) is 1.64. The van der Waals surface area contributed by atoms with Crippen molar-refractivity contribution in [3.63, 3.8) is 0 Å². The summed E-state index contributed by atoms with van der Waals surface area (Å²) >= 11 is 0. The van der Waals surface area contributed by atoms with Crippen molar-refractivity contribution in [3.05, 3.63) is 35.5 Å². The minimum absolute atomic E-state index is 0.584. The molecule has 2 rings (SSSR count). The van der Waals surface area contributed by atoms with Gasteiger partial charge in [-0.25, -0.2) is 0 Å². The van der Waals surface area contributed by atoms with E-state index in [1.54, 1.807) is 4.68 Å². The SMILES string of the molecule is Cc1ccc(-c2cn(C)nc2N)cc1C. The van der Waals surface area contributed by atoms with E-state index in [1.807, 2.05) is 13.2 Å². The van der Waals surface area contributed by atoms with Crippen LogP contribution in [-0.4, -0.2) is 9.78 Å². The van der Waals surface area contributed by atoms with Crippen LogP contribution in [0.3, 0.4) is 0 Å². The molecule has 15 heavy (non-hydrogen) atoms. The lowest BCUT2D eigenvalue weighted by Gasteiger charge is -2.03. The Labute approximate surface area is 89.5 Å². The molecule has 0 radical (unpaired) electrons. The van der Waals surface area contributed by atoms with Crippen molar-refractivity contribution in [3.8, 4) is 11.1 Å². The number of hydrogen-bond donors (Lipinski definition) is 1. The van der Waals surface area contributed by atoms with Crippen LogP contribution < -0.4 is 5.73 Å². The van der Waals surface area contributed by atoms with Crippen molar-refractivity contribution in [2.24, 2.45) is 7.05 Å². The van der Waals surface area contributed by atoms with Crippen LogP contribution in [0.4, 0.5) is 5.82 Å². The molecule has 0 saturated heterocycles. The molecule has 0 spiro atoms. The second-order valence-corrected chi connectivity index (χ2v) is 3.90. The summed E-state index contributed by atoms with van der Waals surface area (Å²) in [6.07, 6.45) is 1.94. The molecule has 3 nitrogen and oxygen atoms in total. The third-order valence-electron chi connectivity index (χ3n) is 2.68. The monoisotopic (exact) mass is 201 g/mol. The molecular weight excluding hydrogens is 186 g/mol. The van der Waals surface area contributed by atoms with E-state index in [4.69, 9.17) is 5.73 Å². The molecule has 0 aliphatic heterocycles. The number of hydrogen-bond acceptors (Lipinski definition) is 2. The van der Waals surface area contributed by atoms with Gasteiger partial charge < -0.3 is 5.73 Å². The molecule has 1 aromatic heterocycles. The van der Waals surface area contributed by atoms with E-state index in [9.17, 15) is 0 Å². The molecule has 1 heterocycles. The van der Waals surface area contributed by atoms with Gasteiger partial charge in [-0.3, -0.25) is 4.68 Å². The standard InChI is InChI=1S/C12H15N3/c1-8-4-5-10(6-9(8)2)11-7-15(3)14-12(11)13/h4-7H,1-3H3,(H2,13,14). The topological polar surface area (TPSA) is 43.8 Å². The van der Waals surface area contributed by atoms with Crippen LogP contribution in [0.5, 0.6) is 0 Å². The lowest BCUT2D eigenvalue weighted by molar-refractivity contribution is 0.772. The summed E-state index contributed by atoms with van der Waals surface area (Å²) < 4.78 is 1.74. The molecule has 3 heteroatoms. The summed E-state index contributed by atoms with van der Waals surface area (Å²) in [4.78, 5) is 0. The first-order valence-electron chi connectivity index (χ1n) is 4.94. The summed E-state index contributed by atoms with van der Waals surface area (Å²) in [5, 5.41) is 4.13. The van der Waals surface area contributed by atoms with Crippen LogP contribution in [0.25, 0.3) is 11.1 Å². The van der Waals surface area contributed by atoms with Crippen LogP contribution in [0.2, 0.25) is 0 Å². The Hall–Kier alpha value is -1.77. The lowest BCUT2D eigenvalue weighted by atomic mass is 10.0. The Morgan fingerprint density at radius 2 is 1.93 bits per heavy atom. The predicted octanol–water partition coefficient (Wildman–Crippen LogP) is 2.29. The van der Waals surface area contributed by atoms with Gasteiger partial charge in [-0.15, -0.1) is 0 Å². The van der Waals surface area contributed by atoms with Crippen LogP contribution in [0.1, 0.15) is 11.1 Å². The first-order valence-corrected chi connectivity index (χ1v) is 4.94. The Bertz CT molecular complexity index is 498. The van der Waals surface area contributed by atoms with Crippen molar-refractivity contribution in [1.29, 1.82) is 0 Å². The zero-order chi connectivity index (χ0) is 11.0. The molecule has 0 fully saturated rings. The Morgan fingerprint density at radius 1 is 1.20 bits per heavy atom. The van der Waals surface area contributed by atoms with Gasteiger partial charge in [0, 0.05) is 18.8 Å². The van der Waals surface area contributed by atoms with Crippen molar-refractivity contribution >= 4 is 5.82 Å². The maximum Gasteiger partial charge on any atom is 0.153 e. The highest BCUT2D eigenvalue weighted by Gasteiger charge is 2.07. The molecule has 0 atom stereocenters. The number of nitrogen functional groups attached to an aromatic ring is 1. The number of benzene rings is 1. The highest BCUT2D eigenvalue weighted by Crippen LogP contribution is 2.26. The van der Waals surface area contributed by atoms with Gasteiger partial charge in [0.1, 0.15) is 0 Å². The van der Waals surface area contributed by atoms with Crippen LogP contribution >= 0.6 is 0 Å². The molecular formula is C12H15N3. The molecule has 78 valence electrons. The average Bonchev–Trinajstić information content (AvgIpc) is 2.50. The Morgan fingerprint density at radius 3 is 2.47 bits per heavy atom. The zero-order valence-electron chi connectivity index (χ0n) is 9.28. The quantitative estimate of drug-likeness (QED) is 0.769. The molecule has 2 N–H and O–H groups in total. The Kier molecular flexibility index (Phi) is 2.23. The van der Waals surface area contributed by atoms with E-state index < -0.39 is 0 Å². The van der Waals surface area contributed by atoms with Crippen molar-refractivity contribution in [2.45, 2.75) is 13.8 Å². The lowest BCUT2D eigenvalue weighted by Crippen LogP contribution is -1.91. The van der Waals surface area contributed by atoms with Gasteiger partial charge in [-0.05, 0) is 30.5 Å². The van der Waals surface area contributed by atoms with Gasteiger partial charge >= 0.3 is 0 Å². The number of rotatable bonds is 1. The van der Waals surface area contributed by atoms with E-state index >= 15 is 0 Å². The first-order chi connectivity index (χ1) is 7.08. The van der Waals surface area contributed by atoms with E-state index in [2.05, 4.69) is 37.1 Å². The maximum absolute atomic E-state index is 5.83. The van der Waals surface area contributed by atoms with Crippen LogP contribution in [0, 0.1) is 13.8 Å². The fourth-order valence-electron chi connectivity index (χ4n) is 1.64. The smallest absolute Gasteiger partial charge is 0.153 e. The second-order valence-electron chi connectivity index (χ2n) is 3.90. The Balaban J connectivity index is 2.54. The van der Waals surface area contributed by atoms with E-state index in [0.29, 0.717) is 5.82 Å². The van der Waals surface area contributed by atoms with Crippen LogP contribution in [0.15, 0.2) is 24.4 Å². The number of aryl methyl sites for hydroxylation is 3. The average molecular weight is 201 g/mol. The first kappa shape index (κ1) is 9.77. The fraction of sp³-hybridized carbons (Fsp3) is 0.250. The highest BCUT2D eigenvalue weighted by atomic mass is 15.3. The highest BCUT2D eigenvalue weighted by molar-refractivity contribution is 5.73. The predicted molar refractivity (Wildman–Crippen MR) is 62.5 cm³/mol. The molecule has 0 amide bonds. The van der Waals surface area contributed by atoms with Crippen molar-refractivity contribution in [2.75, 3.05) is 5.73 Å². The summed E-state index contributed by atoms with van der Waals surface area (Å²) in [6, 6.07) is 6.33. The summed E-state index contributed by atoms with van der Waals surface area (Å²) in [7, 11) is 1.88. The van der Waals surface area contributed by atoms with E-state index in [1.165, 1.54) is 11.1 Å². The van der Waals surface area contributed by atoms with Gasteiger partial charge in [0.2, 0.25) is 0 Å². The zero-order valence-corrected chi connectivity index (χ0v) is 9.28. The third-order valence-corrected chi connectivity index (χ3v) is 2.68. The van der Waals surface area contributed by atoms with Gasteiger partial charge in [0.15, 0.2) is 5.82 Å². The number of nitrogens with two attached hydrogens (primary N) is 1. The molecule has 0 saturated carbocycles. The summed E-state index contributed by atoms with van der Waals surface area (Å²) in [6.45, 7) is 4.21.